The van der Waals surface area contributed by atoms with Gasteiger partial charge in [0.1, 0.15) is 28.1 Å². The quantitative estimate of drug-likeness (QED) is 0.442. The Bertz CT molecular complexity index is 1210. The Morgan fingerprint density at radius 2 is 1.87 bits per heavy atom. The third-order valence-corrected chi connectivity index (χ3v) is 7.09. The molecule has 0 saturated heterocycles. The predicted octanol–water partition coefficient (Wildman–Crippen LogP) is 3.41. The fraction of sp³-hybridized carbons (Fsp3) is 0.200. The smallest absolute Gasteiger partial charge is 0.246 e. The maximum absolute atomic E-state index is 13.2. The van der Waals surface area contributed by atoms with Gasteiger partial charge in [-0.25, -0.2) is 17.5 Å². The van der Waals surface area contributed by atoms with Crippen LogP contribution in [0.1, 0.15) is 11.1 Å². The van der Waals surface area contributed by atoms with E-state index in [-0.39, 0.29) is 27.2 Å². The highest BCUT2D eigenvalue weighted by Gasteiger charge is 2.29. The molecule has 2 aromatic carbocycles. The number of nitrogens with two attached hydrogens (primary N) is 1. The van der Waals surface area contributed by atoms with Crippen LogP contribution in [0.25, 0.3) is 0 Å². The molecule has 3 N–H and O–H groups in total. The van der Waals surface area contributed by atoms with Crippen LogP contribution in [0, 0.1) is 19.7 Å². The van der Waals surface area contributed by atoms with Gasteiger partial charge in [0.2, 0.25) is 15.7 Å². The van der Waals surface area contributed by atoms with Crippen LogP contribution in [0.3, 0.4) is 0 Å². The zero-order valence-corrected chi connectivity index (χ0v) is 18.3. The standard InChI is InChI=1S/C20H21FN4O3S2/c1-12-4-9-16(13(2)10-12)23-17(26)11-25-19(22)18(20(24-25)29-3)30(27,28)15-7-5-14(21)6-8-15/h4-10H,11,22H2,1-3H3,(H,23,26). The number of amides is 1. The largest absolute Gasteiger partial charge is 0.383 e. The Kier molecular flexibility index (Phi) is 6.18. The number of nitrogens with zero attached hydrogens (tertiary/aromatic N) is 2. The molecule has 0 unspecified atom stereocenters. The van der Waals surface area contributed by atoms with Crippen molar-refractivity contribution in [1.29, 1.82) is 0 Å². The van der Waals surface area contributed by atoms with E-state index in [0.29, 0.717) is 5.69 Å². The van der Waals surface area contributed by atoms with Crippen LogP contribution in [0.2, 0.25) is 0 Å². The molecule has 0 bridgehead atoms. The molecule has 0 aliphatic heterocycles. The minimum absolute atomic E-state index is 0.106. The minimum Gasteiger partial charge on any atom is -0.383 e. The SMILES string of the molecule is CSc1nn(CC(=O)Nc2ccc(C)cc2C)c(N)c1S(=O)(=O)c1ccc(F)cc1. The number of carbonyl (C=O) groups excluding carboxylic acids is 1. The van der Waals surface area contributed by atoms with Gasteiger partial charge in [0.25, 0.3) is 0 Å². The monoisotopic (exact) mass is 448 g/mol. The number of aromatic nitrogens is 2. The number of hydrogen-bond donors (Lipinski definition) is 2. The van der Waals surface area contributed by atoms with Crippen LogP contribution in [-0.4, -0.2) is 30.4 Å². The van der Waals surface area contributed by atoms with Crippen LogP contribution < -0.4 is 11.1 Å². The summed E-state index contributed by atoms with van der Waals surface area (Å²) in [6.07, 6.45) is 1.66. The summed E-state index contributed by atoms with van der Waals surface area (Å²) >= 11 is 1.09. The molecule has 158 valence electrons. The highest BCUT2D eigenvalue weighted by atomic mass is 32.2. The second-order valence-corrected chi connectivity index (χ2v) is 9.39. The number of rotatable bonds is 6. The number of nitrogen functional groups attached to an aromatic ring is 1. The van der Waals surface area contributed by atoms with Crippen LogP contribution >= 0.6 is 11.8 Å². The molecule has 1 amide bonds. The molecule has 3 aromatic rings. The summed E-state index contributed by atoms with van der Waals surface area (Å²) in [5, 5.41) is 7.14. The molecule has 1 heterocycles. The fourth-order valence-corrected chi connectivity index (χ4v) is 5.38. The normalized spacial score (nSPS) is 11.5. The summed E-state index contributed by atoms with van der Waals surface area (Å²) in [4.78, 5) is 12.2. The van der Waals surface area contributed by atoms with Crippen molar-refractivity contribution in [1.82, 2.24) is 9.78 Å². The van der Waals surface area contributed by atoms with Crippen LogP contribution in [-0.2, 0) is 21.2 Å². The molecule has 1 aromatic heterocycles. The van der Waals surface area contributed by atoms with Gasteiger partial charge in [-0.1, -0.05) is 17.7 Å². The first-order valence-corrected chi connectivity index (χ1v) is 11.6. The van der Waals surface area contributed by atoms with Crippen molar-refractivity contribution in [3.63, 3.8) is 0 Å². The van der Waals surface area contributed by atoms with Gasteiger partial charge in [0.15, 0.2) is 0 Å². The average Bonchev–Trinajstić information content (AvgIpc) is 3.00. The topological polar surface area (TPSA) is 107 Å². The van der Waals surface area contributed by atoms with Crippen molar-refractivity contribution in [3.8, 4) is 0 Å². The van der Waals surface area contributed by atoms with Crippen molar-refractivity contribution in [2.45, 2.75) is 35.2 Å². The molecule has 0 aliphatic carbocycles. The Balaban J connectivity index is 1.91. The van der Waals surface area contributed by atoms with Crippen LogP contribution in [0.5, 0.6) is 0 Å². The average molecular weight is 449 g/mol. The summed E-state index contributed by atoms with van der Waals surface area (Å²) in [5.41, 5.74) is 8.71. The lowest BCUT2D eigenvalue weighted by molar-refractivity contribution is -0.116. The molecule has 0 aliphatic rings. The molecule has 10 heteroatoms. The first-order valence-electron chi connectivity index (χ1n) is 8.91. The molecule has 7 nitrogen and oxygen atoms in total. The van der Waals surface area contributed by atoms with Gasteiger partial charge >= 0.3 is 0 Å². The molecule has 3 rings (SSSR count). The Hall–Kier alpha value is -2.85. The van der Waals surface area contributed by atoms with E-state index in [9.17, 15) is 17.6 Å². The molecular weight excluding hydrogens is 427 g/mol. The first kappa shape index (κ1) is 21.8. The third-order valence-electron chi connectivity index (χ3n) is 4.45. The number of halogens is 1. The molecule has 0 radical (unpaired) electrons. The predicted molar refractivity (Wildman–Crippen MR) is 115 cm³/mol. The van der Waals surface area contributed by atoms with Crippen molar-refractivity contribution in [2.75, 3.05) is 17.3 Å². The van der Waals surface area contributed by atoms with E-state index < -0.39 is 21.6 Å². The Labute approximate surface area is 178 Å². The Morgan fingerprint density at radius 3 is 2.47 bits per heavy atom. The van der Waals surface area contributed by atoms with E-state index >= 15 is 0 Å². The van der Waals surface area contributed by atoms with E-state index in [2.05, 4.69) is 10.4 Å². The van der Waals surface area contributed by atoms with Gasteiger partial charge in [0, 0.05) is 5.69 Å². The van der Waals surface area contributed by atoms with Gasteiger partial charge in [-0.3, -0.25) is 4.79 Å². The zero-order valence-electron chi connectivity index (χ0n) is 16.6. The summed E-state index contributed by atoms with van der Waals surface area (Å²) in [6, 6.07) is 10.1. The maximum Gasteiger partial charge on any atom is 0.246 e. The van der Waals surface area contributed by atoms with E-state index in [1.807, 2.05) is 26.0 Å². The van der Waals surface area contributed by atoms with Gasteiger partial charge in [-0.15, -0.1) is 11.8 Å². The molecule has 30 heavy (non-hydrogen) atoms. The lowest BCUT2D eigenvalue weighted by Crippen LogP contribution is -2.21. The highest BCUT2D eigenvalue weighted by molar-refractivity contribution is 7.99. The number of anilines is 2. The fourth-order valence-electron chi connectivity index (χ4n) is 2.95. The summed E-state index contributed by atoms with van der Waals surface area (Å²) in [5.74, 6) is -1.10. The van der Waals surface area contributed by atoms with E-state index in [1.165, 1.54) is 12.1 Å². The second-order valence-electron chi connectivity index (χ2n) is 6.71. The van der Waals surface area contributed by atoms with Crippen molar-refractivity contribution >= 4 is 39.0 Å². The summed E-state index contributed by atoms with van der Waals surface area (Å²) in [7, 11) is -4.04. The van der Waals surface area contributed by atoms with Crippen molar-refractivity contribution < 1.29 is 17.6 Å². The van der Waals surface area contributed by atoms with Gasteiger partial charge < -0.3 is 11.1 Å². The van der Waals surface area contributed by atoms with Crippen molar-refractivity contribution in [2.24, 2.45) is 0 Å². The van der Waals surface area contributed by atoms with E-state index in [4.69, 9.17) is 5.73 Å². The summed E-state index contributed by atoms with van der Waals surface area (Å²) < 4.78 is 40.4. The molecular formula is C20H21FN4O3S2. The number of nitrogens with one attached hydrogen (secondary N) is 1. The number of benzene rings is 2. The molecule has 0 saturated carbocycles. The molecule has 0 atom stereocenters. The third kappa shape index (κ3) is 4.34. The molecule has 0 fully saturated rings. The number of thioether (sulfide) groups is 1. The van der Waals surface area contributed by atoms with E-state index in [1.54, 1.807) is 12.3 Å². The number of aryl methyl sites for hydroxylation is 2. The maximum atomic E-state index is 13.2. The lowest BCUT2D eigenvalue weighted by atomic mass is 10.1. The number of sulfone groups is 1. The van der Waals surface area contributed by atoms with E-state index in [0.717, 1.165) is 39.7 Å². The van der Waals surface area contributed by atoms with Gasteiger partial charge in [0.05, 0.1) is 4.90 Å². The Morgan fingerprint density at radius 1 is 1.20 bits per heavy atom. The van der Waals surface area contributed by atoms with Crippen molar-refractivity contribution in [3.05, 3.63) is 59.4 Å². The summed E-state index contributed by atoms with van der Waals surface area (Å²) in [6.45, 7) is 3.58. The minimum atomic E-state index is -4.04. The highest BCUT2D eigenvalue weighted by Crippen LogP contribution is 2.34. The molecule has 0 spiro atoms. The van der Waals surface area contributed by atoms with Crippen LogP contribution in [0.15, 0.2) is 57.3 Å². The number of hydrogen-bond acceptors (Lipinski definition) is 6. The lowest BCUT2D eigenvalue weighted by Gasteiger charge is -2.10. The van der Waals surface area contributed by atoms with Gasteiger partial charge in [-0.2, -0.15) is 5.10 Å². The first-order chi connectivity index (χ1) is 14.1. The van der Waals surface area contributed by atoms with Crippen LogP contribution in [0.4, 0.5) is 15.9 Å². The zero-order chi connectivity index (χ0) is 22.1. The second kappa shape index (κ2) is 8.49. The number of carbonyl (C=O) groups is 1. The van der Waals surface area contributed by atoms with Gasteiger partial charge in [-0.05, 0) is 56.0 Å².